The maximum absolute atomic E-state index is 12.5. The van der Waals surface area contributed by atoms with Gasteiger partial charge in [0.2, 0.25) is 0 Å². The lowest BCUT2D eigenvalue weighted by molar-refractivity contribution is -0.143. The summed E-state index contributed by atoms with van der Waals surface area (Å²) in [5, 5.41) is 2.55. The van der Waals surface area contributed by atoms with Crippen molar-refractivity contribution < 1.29 is 23.9 Å². The van der Waals surface area contributed by atoms with Gasteiger partial charge in [0.15, 0.2) is 5.78 Å². The molecule has 0 bridgehead atoms. The number of carbonyl (C=O) groups is 3. The molecule has 0 unspecified atom stereocenters. The Morgan fingerprint density at radius 1 is 1.04 bits per heavy atom. The van der Waals surface area contributed by atoms with Crippen LogP contribution in [0.15, 0.2) is 60.7 Å². The third-order valence-electron chi connectivity index (χ3n) is 4.60. The van der Waals surface area contributed by atoms with Crippen molar-refractivity contribution in [3.63, 3.8) is 0 Å². The fraction of sp³-hybridized carbons (Fsp3) is 0.286. The minimum atomic E-state index is -0.907. The second-order valence-corrected chi connectivity index (χ2v) is 6.44. The van der Waals surface area contributed by atoms with Gasteiger partial charge in [0.05, 0.1) is 7.11 Å². The second-order valence-electron chi connectivity index (χ2n) is 6.44. The Balaban J connectivity index is 1.59. The Hall–Kier alpha value is -3.15. The van der Waals surface area contributed by atoms with Gasteiger partial charge >= 0.3 is 12.1 Å². The maximum Gasteiger partial charge on any atom is 0.408 e. The largest absolute Gasteiger partial charge is 0.467 e. The Bertz CT molecular complexity index is 806. The number of carbonyl (C=O) groups excluding carboxylic acids is 3. The van der Waals surface area contributed by atoms with E-state index in [4.69, 9.17) is 9.47 Å². The molecule has 0 saturated heterocycles. The molecule has 6 nitrogen and oxygen atoms in total. The summed E-state index contributed by atoms with van der Waals surface area (Å²) < 4.78 is 9.96. The van der Waals surface area contributed by atoms with Crippen LogP contribution in [0.3, 0.4) is 0 Å². The summed E-state index contributed by atoms with van der Waals surface area (Å²) in [5.41, 5.74) is 1.44. The normalized spacial score (nSPS) is 18.9. The number of hydrogen-bond acceptors (Lipinski definition) is 5. The van der Waals surface area contributed by atoms with E-state index in [0.717, 1.165) is 5.56 Å². The van der Waals surface area contributed by atoms with Crippen LogP contribution in [0.1, 0.15) is 22.3 Å². The van der Waals surface area contributed by atoms with Crippen molar-refractivity contribution in [2.75, 3.05) is 7.11 Å². The van der Waals surface area contributed by atoms with E-state index in [0.29, 0.717) is 12.0 Å². The minimum absolute atomic E-state index is 0.0334. The number of ketones is 1. The van der Waals surface area contributed by atoms with E-state index in [1.165, 1.54) is 7.11 Å². The number of benzene rings is 2. The summed E-state index contributed by atoms with van der Waals surface area (Å²) in [6, 6.07) is 17.2. The first kappa shape index (κ1) is 18.6. The van der Waals surface area contributed by atoms with Gasteiger partial charge in [0.1, 0.15) is 12.6 Å². The zero-order valence-electron chi connectivity index (χ0n) is 15.0. The van der Waals surface area contributed by atoms with Crippen molar-refractivity contribution in [1.82, 2.24) is 5.32 Å². The number of esters is 1. The molecule has 2 aromatic rings. The lowest BCUT2D eigenvalue weighted by atomic mass is 10.0. The molecule has 3 rings (SSSR count). The predicted molar refractivity (Wildman–Crippen MR) is 97.9 cm³/mol. The van der Waals surface area contributed by atoms with Crippen LogP contribution in [0.5, 0.6) is 0 Å². The Labute approximate surface area is 157 Å². The summed E-state index contributed by atoms with van der Waals surface area (Å²) in [5.74, 6) is -1.23. The lowest BCUT2D eigenvalue weighted by Crippen LogP contribution is -2.44. The first-order valence-electron chi connectivity index (χ1n) is 8.74. The molecule has 6 heteroatoms. The van der Waals surface area contributed by atoms with Crippen LogP contribution < -0.4 is 5.32 Å². The van der Waals surface area contributed by atoms with Crippen LogP contribution in [0, 0.1) is 11.8 Å². The van der Waals surface area contributed by atoms with Crippen molar-refractivity contribution in [2.24, 2.45) is 11.8 Å². The van der Waals surface area contributed by atoms with E-state index in [2.05, 4.69) is 5.32 Å². The molecule has 0 spiro atoms. The van der Waals surface area contributed by atoms with Crippen LogP contribution in [-0.2, 0) is 20.9 Å². The van der Waals surface area contributed by atoms with E-state index in [1.54, 1.807) is 24.3 Å². The summed E-state index contributed by atoms with van der Waals surface area (Å²) >= 11 is 0. The molecule has 0 radical (unpaired) electrons. The monoisotopic (exact) mass is 367 g/mol. The fourth-order valence-electron chi connectivity index (χ4n) is 3.06. The summed E-state index contributed by atoms with van der Waals surface area (Å²) in [6.07, 6.45) is -0.195. The highest BCUT2D eigenvalue weighted by Gasteiger charge is 2.51. The van der Waals surface area contributed by atoms with Gasteiger partial charge in [-0.05, 0) is 12.0 Å². The summed E-state index contributed by atoms with van der Waals surface area (Å²) in [7, 11) is 1.25. The molecule has 1 amide bonds. The number of rotatable bonds is 7. The molecule has 1 aliphatic carbocycles. The van der Waals surface area contributed by atoms with Gasteiger partial charge in [-0.1, -0.05) is 60.7 Å². The number of Topliss-reactive ketones (excluding diaryl/α,β-unsaturated/α-hetero) is 1. The average molecular weight is 367 g/mol. The standard InChI is InChI=1S/C21H21NO5/c1-26-20(24)18(22-21(25)27-13-14-8-4-2-5-9-14)16-12-17(16)19(23)15-10-6-3-7-11-15/h2-11,16-18H,12-13H2,1H3,(H,22,25)/t16-,17-,18+/m0/s1. The molecule has 1 fully saturated rings. The smallest absolute Gasteiger partial charge is 0.408 e. The van der Waals surface area contributed by atoms with E-state index < -0.39 is 18.1 Å². The first-order chi connectivity index (χ1) is 13.1. The van der Waals surface area contributed by atoms with Gasteiger partial charge in [0, 0.05) is 17.4 Å². The maximum atomic E-state index is 12.5. The Morgan fingerprint density at radius 2 is 1.67 bits per heavy atom. The van der Waals surface area contributed by atoms with E-state index in [1.807, 2.05) is 36.4 Å². The molecule has 0 heterocycles. The fourth-order valence-corrected chi connectivity index (χ4v) is 3.06. The zero-order chi connectivity index (χ0) is 19.2. The average Bonchev–Trinajstić information content (AvgIpc) is 3.51. The molecule has 0 aromatic heterocycles. The first-order valence-corrected chi connectivity index (χ1v) is 8.74. The topological polar surface area (TPSA) is 81.7 Å². The van der Waals surface area contributed by atoms with E-state index >= 15 is 0 Å². The molecular formula is C21H21NO5. The number of ether oxygens (including phenoxy) is 2. The van der Waals surface area contributed by atoms with Gasteiger partial charge in [-0.15, -0.1) is 0 Å². The summed E-state index contributed by atoms with van der Waals surface area (Å²) in [4.78, 5) is 36.7. The second kappa shape index (κ2) is 8.49. The van der Waals surface area contributed by atoms with Gasteiger partial charge in [-0.25, -0.2) is 9.59 Å². The van der Waals surface area contributed by atoms with Crippen molar-refractivity contribution in [1.29, 1.82) is 0 Å². The molecular weight excluding hydrogens is 346 g/mol. The summed E-state index contributed by atoms with van der Waals surface area (Å²) in [6.45, 7) is 0.0948. The van der Waals surface area contributed by atoms with Gasteiger partial charge in [-0.3, -0.25) is 4.79 Å². The number of nitrogens with one attached hydrogen (secondary N) is 1. The van der Waals surface area contributed by atoms with Crippen molar-refractivity contribution in [3.05, 3.63) is 71.8 Å². The third kappa shape index (κ3) is 4.73. The minimum Gasteiger partial charge on any atom is -0.467 e. The molecule has 27 heavy (non-hydrogen) atoms. The van der Waals surface area contributed by atoms with Gasteiger partial charge in [0.25, 0.3) is 0 Å². The highest BCUT2D eigenvalue weighted by atomic mass is 16.6. The van der Waals surface area contributed by atoms with E-state index in [-0.39, 0.29) is 24.2 Å². The highest BCUT2D eigenvalue weighted by molar-refractivity contribution is 6.00. The molecule has 140 valence electrons. The van der Waals surface area contributed by atoms with Crippen molar-refractivity contribution >= 4 is 17.8 Å². The molecule has 1 aliphatic rings. The zero-order valence-corrected chi connectivity index (χ0v) is 15.0. The van der Waals surface area contributed by atoms with Crippen LogP contribution in [0.4, 0.5) is 4.79 Å². The quantitative estimate of drug-likeness (QED) is 0.601. The van der Waals surface area contributed by atoms with Crippen LogP contribution in [0.2, 0.25) is 0 Å². The van der Waals surface area contributed by atoms with Crippen molar-refractivity contribution in [2.45, 2.75) is 19.1 Å². The number of amides is 1. The number of alkyl carbamates (subject to hydrolysis) is 1. The lowest BCUT2D eigenvalue weighted by Gasteiger charge is -2.16. The third-order valence-corrected chi connectivity index (χ3v) is 4.60. The molecule has 1 N–H and O–H groups in total. The molecule has 0 aliphatic heterocycles. The van der Waals surface area contributed by atoms with Gasteiger partial charge in [-0.2, -0.15) is 0 Å². The number of hydrogen-bond donors (Lipinski definition) is 1. The van der Waals surface area contributed by atoms with Crippen LogP contribution >= 0.6 is 0 Å². The molecule has 3 atom stereocenters. The Kier molecular flexibility index (Phi) is 5.86. The highest BCUT2D eigenvalue weighted by Crippen LogP contribution is 2.43. The molecule has 1 saturated carbocycles. The van der Waals surface area contributed by atoms with Crippen LogP contribution in [0.25, 0.3) is 0 Å². The predicted octanol–water partition coefficient (Wildman–Crippen LogP) is 2.97. The van der Waals surface area contributed by atoms with E-state index in [9.17, 15) is 14.4 Å². The number of methoxy groups -OCH3 is 1. The van der Waals surface area contributed by atoms with Gasteiger partial charge < -0.3 is 14.8 Å². The van der Waals surface area contributed by atoms with Crippen LogP contribution in [-0.4, -0.2) is 31.0 Å². The SMILES string of the molecule is COC(=O)[C@H](NC(=O)OCc1ccccc1)[C@H]1C[C@@H]1C(=O)c1ccccc1. The molecule has 2 aromatic carbocycles. The Morgan fingerprint density at radius 3 is 2.30 bits per heavy atom. The van der Waals surface area contributed by atoms with Crippen molar-refractivity contribution in [3.8, 4) is 0 Å².